The minimum atomic E-state index is -2.01. The first-order valence-electron chi connectivity index (χ1n) is 9.61. The van der Waals surface area contributed by atoms with E-state index < -0.39 is 7.80 Å². The van der Waals surface area contributed by atoms with Gasteiger partial charge in [-0.2, -0.15) is 0 Å². The molecule has 2 aromatic carbocycles. The lowest BCUT2D eigenvalue weighted by atomic mass is 10.0. The van der Waals surface area contributed by atoms with Crippen molar-refractivity contribution in [1.82, 2.24) is 0 Å². The molecule has 0 bridgehead atoms. The molecule has 0 amide bonds. The first kappa shape index (κ1) is 22.8. The molecule has 5 nitrogen and oxygen atoms in total. The van der Waals surface area contributed by atoms with Crippen molar-refractivity contribution in [3.05, 3.63) is 58.1 Å². The van der Waals surface area contributed by atoms with E-state index in [9.17, 15) is 14.2 Å². The van der Waals surface area contributed by atoms with Gasteiger partial charge >= 0.3 is 13.3 Å². The molecular weight excluding hydrogens is 387 g/mol. The summed E-state index contributed by atoms with van der Waals surface area (Å²) in [5.41, 5.74) is 3.30. The third-order valence-electron chi connectivity index (χ3n) is 4.87. The number of unbranched alkanes of at least 4 members (excludes halogenated alkanes) is 1. The first-order chi connectivity index (χ1) is 13.8. The summed E-state index contributed by atoms with van der Waals surface area (Å²) in [6.07, 6.45) is 1.63. The Morgan fingerprint density at radius 2 is 1.45 bits per heavy atom. The highest BCUT2D eigenvalue weighted by molar-refractivity contribution is 7.64. The predicted molar refractivity (Wildman–Crippen MR) is 115 cm³/mol. The van der Waals surface area contributed by atoms with Crippen LogP contribution in [-0.4, -0.2) is 31.7 Å². The summed E-state index contributed by atoms with van der Waals surface area (Å²) in [6.45, 7) is 5.61. The van der Waals surface area contributed by atoms with Gasteiger partial charge in [0, 0.05) is 6.42 Å². The minimum absolute atomic E-state index is 0.0880. The van der Waals surface area contributed by atoms with E-state index >= 15 is 0 Å². The Labute approximate surface area is 173 Å². The second-order valence-corrected chi connectivity index (χ2v) is 8.71. The second-order valence-electron chi connectivity index (χ2n) is 7.10. The number of carbonyl (C=O) groups is 2. The summed E-state index contributed by atoms with van der Waals surface area (Å²) in [5, 5.41) is 0. The molecule has 0 spiro atoms. The van der Waals surface area contributed by atoms with Gasteiger partial charge in [0.05, 0.1) is 19.8 Å². The molecule has 1 unspecified atom stereocenters. The third kappa shape index (κ3) is 5.51. The number of methoxy groups -OCH3 is 2. The molecule has 0 aliphatic carbocycles. The van der Waals surface area contributed by atoms with Crippen molar-refractivity contribution in [2.24, 2.45) is 0 Å². The molecule has 2 aromatic rings. The van der Waals surface area contributed by atoms with Crippen molar-refractivity contribution in [2.75, 3.05) is 20.4 Å². The van der Waals surface area contributed by atoms with Gasteiger partial charge in [-0.25, -0.2) is 4.79 Å². The van der Waals surface area contributed by atoms with Crippen LogP contribution < -0.4 is 9.47 Å². The quantitative estimate of drug-likeness (QED) is 0.285. The summed E-state index contributed by atoms with van der Waals surface area (Å²) >= 11 is 0. The number of benzene rings is 2. The highest BCUT2D eigenvalue weighted by Gasteiger charge is 2.31. The molecule has 0 N–H and O–H groups in total. The second kappa shape index (κ2) is 10.3. The molecular formula is C23H28O5P+. The van der Waals surface area contributed by atoms with Gasteiger partial charge in [-0.3, -0.25) is 4.79 Å². The summed E-state index contributed by atoms with van der Waals surface area (Å²) in [7, 11) is 1.04. The molecule has 0 aliphatic heterocycles. The largest absolute Gasteiger partial charge is 0.496 e. The number of ketones is 1. The van der Waals surface area contributed by atoms with E-state index in [1.54, 1.807) is 12.1 Å². The average Bonchev–Trinajstić information content (AvgIpc) is 2.69. The number of hydrogen-bond acceptors (Lipinski definition) is 5. The molecule has 0 saturated carbocycles. The maximum absolute atomic E-state index is 12.7. The molecule has 0 aromatic heterocycles. The third-order valence-corrected chi connectivity index (χ3v) is 6.26. The SMILES string of the molecule is COc1cc(C)cc(OC)c1C(=O)CCCC[P+](=O)C(=O)c1c(C)cccc1C. The predicted octanol–water partition coefficient (Wildman–Crippen LogP) is 5.65. The van der Waals surface area contributed by atoms with Gasteiger partial charge in [0.2, 0.25) is 0 Å². The molecule has 1 atom stereocenters. The number of Topliss-reactive ketones (excluding diaryl/α,β-unsaturated/α-hetero) is 1. The number of ether oxygens (including phenoxy) is 2. The van der Waals surface area contributed by atoms with E-state index in [-0.39, 0.29) is 23.9 Å². The van der Waals surface area contributed by atoms with Crippen molar-refractivity contribution in [1.29, 1.82) is 0 Å². The first-order valence-corrected chi connectivity index (χ1v) is 11.1. The van der Waals surface area contributed by atoms with Gasteiger partial charge in [-0.15, -0.1) is 0 Å². The van der Waals surface area contributed by atoms with E-state index in [0.29, 0.717) is 35.5 Å². The molecule has 0 saturated heterocycles. The van der Waals surface area contributed by atoms with Crippen LogP contribution in [0, 0.1) is 20.8 Å². The number of aryl methyl sites for hydroxylation is 3. The summed E-state index contributed by atoms with van der Waals surface area (Å²) in [6, 6.07) is 9.19. The maximum atomic E-state index is 12.7. The van der Waals surface area contributed by atoms with Gasteiger partial charge in [-0.05, 0) is 62.4 Å². The summed E-state index contributed by atoms with van der Waals surface area (Å²) in [4.78, 5) is 25.3. The van der Waals surface area contributed by atoms with Crippen LogP contribution in [0.2, 0.25) is 0 Å². The number of hydrogen-bond donors (Lipinski definition) is 0. The van der Waals surface area contributed by atoms with Crippen LogP contribution >= 0.6 is 7.80 Å². The summed E-state index contributed by atoms with van der Waals surface area (Å²) in [5.74, 6) is 0.890. The van der Waals surface area contributed by atoms with E-state index in [0.717, 1.165) is 16.7 Å². The van der Waals surface area contributed by atoms with E-state index in [2.05, 4.69) is 0 Å². The van der Waals surface area contributed by atoms with Crippen LogP contribution in [0.5, 0.6) is 11.5 Å². The van der Waals surface area contributed by atoms with Crippen LogP contribution in [0.15, 0.2) is 30.3 Å². The van der Waals surface area contributed by atoms with E-state index in [1.165, 1.54) is 14.2 Å². The average molecular weight is 415 g/mol. The van der Waals surface area contributed by atoms with E-state index in [4.69, 9.17) is 9.47 Å². The van der Waals surface area contributed by atoms with Gasteiger partial charge in [0.1, 0.15) is 17.1 Å². The van der Waals surface area contributed by atoms with Crippen molar-refractivity contribution in [3.63, 3.8) is 0 Å². The molecule has 6 heteroatoms. The van der Waals surface area contributed by atoms with Gasteiger partial charge in [0.15, 0.2) is 11.9 Å². The Balaban J connectivity index is 1.97. The monoisotopic (exact) mass is 415 g/mol. The lowest BCUT2D eigenvalue weighted by molar-refractivity contribution is 0.0973. The molecule has 0 radical (unpaired) electrons. The van der Waals surface area contributed by atoms with Crippen molar-refractivity contribution < 1.29 is 23.6 Å². The normalized spacial score (nSPS) is 11.1. The van der Waals surface area contributed by atoms with Crippen molar-refractivity contribution in [2.45, 2.75) is 40.0 Å². The zero-order chi connectivity index (χ0) is 21.6. The zero-order valence-corrected chi connectivity index (χ0v) is 18.6. The standard InChI is InChI=1S/C23H28O5P/c1-15-13-19(27-4)22(20(14-15)28-5)18(24)11-6-7-12-29(26)23(25)21-16(2)9-8-10-17(21)3/h8-10,13-14H,6-7,11-12H2,1-5H3/q+1. The molecule has 29 heavy (non-hydrogen) atoms. The fourth-order valence-corrected chi connectivity index (χ4v) is 4.68. The lowest BCUT2D eigenvalue weighted by Crippen LogP contribution is -2.06. The van der Waals surface area contributed by atoms with Gasteiger partial charge < -0.3 is 9.47 Å². The smallest absolute Gasteiger partial charge is 0.420 e. The molecule has 0 heterocycles. The van der Waals surface area contributed by atoms with Crippen LogP contribution in [0.1, 0.15) is 56.7 Å². The van der Waals surface area contributed by atoms with Gasteiger partial charge in [0.25, 0.3) is 0 Å². The lowest BCUT2D eigenvalue weighted by Gasteiger charge is -2.13. The molecule has 0 aliphatic rings. The highest BCUT2D eigenvalue weighted by Crippen LogP contribution is 2.33. The Kier molecular flexibility index (Phi) is 8.10. The van der Waals surface area contributed by atoms with E-state index in [1.807, 2.05) is 39.0 Å². The van der Waals surface area contributed by atoms with Crippen LogP contribution in [0.3, 0.4) is 0 Å². The number of rotatable bonds is 10. The van der Waals surface area contributed by atoms with Gasteiger partial charge in [-0.1, -0.05) is 22.8 Å². The Morgan fingerprint density at radius 1 is 0.897 bits per heavy atom. The fraction of sp³-hybridized carbons (Fsp3) is 0.391. The maximum Gasteiger partial charge on any atom is 0.420 e. The Hall–Kier alpha value is -2.52. The summed E-state index contributed by atoms with van der Waals surface area (Å²) < 4.78 is 23.2. The fourth-order valence-electron chi connectivity index (χ4n) is 3.36. The topological polar surface area (TPSA) is 69.7 Å². The Morgan fingerprint density at radius 3 is 1.97 bits per heavy atom. The molecule has 2 rings (SSSR count). The minimum Gasteiger partial charge on any atom is -0.496 e. The molecule has 0 fully saturated rings. The van der Waals surface area contributed by atoms with Crippen LogP contribution in [-0.2, 0) is 4.57 Å². The highest BCUT2D eigenvalue weighted by atomic mass is 31.1. The zero-order valence-electron chi connectivity index (χ0n) is 17.7. The van der Waals surface area contributed by atoms with Crippen LogP contribution in [0.25, 0.3) is 0 Å². The number of carbonyl (C=O) groups excluding carboxylic acids is 2. The molecule has 154 valence electrons. The van der Waals surface area contributed by atoms with Crippen LogP contribution in [0.4, 0.5) is 0 Å². The Bertz CT molecular complexity index is 888. The van der Waals surface area contributed by atoms with Crippen molar-refractivity contribution >= 4 is 19.1 Å². The van der Waals surface area contributed by atoms with Crippen molar-refractivity contribution in [3.8, 4) is 11.5 Å².